The van der Waals surface area contributed by atoms with Gasteiger partial charge in [-0.1, -0.05) is 12.1 Å². The normalized spacial score (nSPS) is 20.9. The zero-order chi connectivity index (χ0) is 16.8. The minimum absolute atomic E-state index is 0.0572. The first-order valence-electron chi connectivity index (χ1n) is 7.85. The number of hydrogen-bond donors (Lipinski definition) is 1. The molecule has 126 valence electrons. The first-order chi connectivity index (χ1) is 11.0. The third-order valence-corrected chi connectivity index (χ3v) is 3.77. The number of benzene rings is 1. The Morgan fingerprint density at radius 1 is 1.22 bits per heavy atom. The molecule has 1 aromatic rings. The van der Waals surface area contributed by atoms with E-state index in [-0.39, 0.29) is 24.2 Å². The molecule has 2 amide bonds. The number of carbonyl (C=O) groups is 2. The van der Waals surface area contributed by atoms with Crippen molar-refractivity contribution >= 4 is 12.0 Å². The molecule has 1 aliphatic heterocycles. The standard InChI is InChI=1S/C17H24N2O4/c1-12-10-19(11-13(2)23-12)17(21)18-9-8-14-4-6-15(7-5-14)16(20)22-3/h4-7,12-13H,8-11H2,1-3H3,(H,18,21). The molecule has 0 spiro atoms. The summed E-state index contributed by atoms with van der Waals surface area (Å²) in [7, 11) is 1.36. The Morgan fingerprint density at radius 3 is 2.39 bits per heavy atom. The zero-order valence-electron chi connectivity index (χ0n) is 13.9. The van der Waals surface area contributed by atoms with Gasteiger partial charge in [0.25, 0.3) is 0 Å². The molecule has 1 aliphatic rings. The van der Waals surface area contributed by atoms with E-state index in [1.807, 2.05) is 26.0 Å². The van der Waals surface area contributed by atoms with Gasteiger partial charge in [-0.3, -0.25) is 0 Å². The largest absolute Gasteiger partial charge is 0.465 e. The second-order valence-corrected chi connectivity index (χ2v) is 5.83. The summed E-state index contributed by atoms with van der Waals surface area (Å²) in [6.07, 6.45) is 0.841. The Labute approximate surface area is 136 Å². The highest BCUT2D eigenvalue weighted by Gasteiger charge is 2.25. The molecule has 2 atom stereocenters. The summed E-state index contributed by atoms with van der Waals surface area (Å²) in [5.74, 6) is -0.347. The van der Waals surface area contributed by atoms with E-state index in [0.29, 0.717) is 31.6 Å². The van der Waals surface area contributed by atoms with Crippen LogP contribution in [0.25, 0.3) is 0 Å². The Kier molecular flexibility index (Phi) is 5.98. The first-order valence-corrected chi connectivity index (χ1v) is 7.85. The maximum Gasteiger partial charge on any atom is 0.337 e. The summed E-state index contributed by atoms with van der Waals surface area (Å²) in [5, 5.41) is 2.93. The third-order valence-electron chi connectivity index (χ3n) is 3.77. The van der Waals surface area contributed by atoms with E-state index in [1.54, 1.807) is 17.0 Å². The summed E-state index contributed by atoms with van der Waals surface area (Å²) in [6, 6.07) is 7.15. The Morgan fingerprint density at radius 2 is 1.83 bits per heavy atom. The van der Waals surface area contributed by atoms with Gasteiger partial charge in [-0.2, -0.15) is 0 Å². The van der Waals surface area contributed by atoms with E-state index in [2.05, 4.69) is 10.1 Å². The molecule has 0 saturated carbocycles. The number of urea groups is 1. The van der Waals surface area contributed by atoms with Crippen molar-refractivity contribution in [3.05, 3.63) is 35.4 Å². The number of carbonyl (C=O) groups excluding carboxylic acids is 2. The van der Waals surface area contributed by atoms with Crippen LogP contribution in [0.2, 0.25) is 0 Å². The number of nitrogens with one attached hydrogen (secondary N) is 1. The number of methoxy groups -OCH3 is 1. The number of esters is 1. The number of amides is 2. The van der Waals surface area contributed by atoms with Crippen molar-refractivity contribution in [2.24, 2.45) is 0 Å². The molecule has 1 fully saturated rings. The Bertz CT molecular complexity index is 534. The highest BCUT2D eigenvalue weighted by atomic mass is 16.5. The van der Waals surface area contributed by atoms with Crippen LogP contribution >= 0.6 is 0 Å². The van der Waals surface area contributed by atoms with E-state index in [9.17, 15) is 9.59 Å². The van der Waals surface area contributed by atoms with Crippen LogP contribution in [0.4, 0.5) is 4.79 Å². The van der Waals surface area contributed by atoms with E-state index >= 15 is 0 Å². The lowest BCUT2D eigenvalue weighted by molar-refractivity contribution is -0.0544. The molecule has 0 bridgehead atoms. The van der Waals surface area contributed by atoms with Gasteiger partial charge in [-0.05, 0) is 38.0 Å². The monoisotopic (exact) mass is 320 g/mol. The van der Waals surface area contributed by atoms with Gasteiger partial charge in [0.05, 0.1) is 24.9 Å². The van der Waals surface area contributed by atoms with Crippen molar-refractivity contribution in [2.75, 3.05) is 26.7 Å². The van der Waals surface area contributed by atoms with Gasteiger partial charge in [-0.15, -0.1) is 0 Å². The van der Waals surface area contributed by atoms with Crippen LogP contribution in [-0.4, -0.2) is 55.9 Å². The second-order valence-electron chi connectivity index (χ2n) is 5.83. The van der Waals surface area contributed by atoms with E-state index in [4.69, 9.17) is 4.74 Å². The van der Waals surface area contributed by atoms with Crippen molar-refractivity contribution < 1.29 is 19.1 Å². The van der Waals surface area contributed by atoms with Gasteiger partial charge in [0.1, 0.15) is 0 Å². The molecular weight excluding hydrogens is 296 g/mol. The SMILES string of the molecule is COC(=O)c1ccc(CCNC(=O)N2CC(C)OC(C)C2)cc1. The molecular formula is C17H24N2O4. The van der Waals surface area contributed by atoms with Crippen LogP contribution in [0.1, 0.15) is 29.8 Å². The van der Waals surface area contributed by atoms with Crippen molar-refractivity contribution in [3.8, 4) is 0 Å². The van der Waals surface area contributed by atoms with Crippen LogP contribution in [0.15, 0.2) is 24.3 Å². The molecule has 6 heteroatoms. The summed E-state index contributed by atoms with van der Waals surface area (Å²) < 4.78 is 10.3. The van der Waals surface area contributed by atoms with Crippen LogP contribution in [0.5, 0.6) is 0 Å². The summed E-state index contributed by atoms with van der Waals surface area (Å²) in [4.78, 5) is 25.3. The van der Waals surface area contributed by atoms with E-state index < -0.39 is 0 Å². The molecule has 0 aliphatic carbocycles. The van der Waals surface area contributed by atoms with Gasteiger partial charge in [0.2, 0.25) is 0 Å². The third kappa shape index (κ3) is 4.96. The predicted octanol–water partition coefficient (Wildman–Crippen LogP) is 1.83. The molecule has 2 unspecified atom stereocenters. The smallest absolute Gasteiger partial charge is 0.337 e. The average Bonchev–Trinajstić information content (AvgIpc) is 2.53. The highest BCUT2D eigenvalue weighted by Crippen LogP contribution is 2.10. The number of rotatable bonds is 4. The van der Waals surface area contributed by atoms with Gasteiger partial charge < -0.3 is 19.7 Å². The predicted molar refractivity (Wildman–Crippen MR) is 86.5 cm³/mol. The molecule has 1 heterocycles. The van der Waals surface area contributed by atoms with E-state index in [1.165, 1.54) is 7.11 Å². The number of hydrogen-bond acceptors (Lipinski definition) is 4. The second kappa shape index (κ2) is 7.97. The summed E-state index contributed by atoms with van der Waals surface area (Å²) in [5.41, 5.74) is 1.58. The maximum atomic E-state index is 12.2. The van der Waals surface area contributed by atoms with Crippen molar-refractivity contribution in [2.45, 2.75) is 32.5 Å². The fourth-order valence-electron chi connectivity index (χ4n) is 2.69. The zero-order valence-corrected chi connectivity index (χ0v) is 13.9. The number of ether oxygens (including phenoxy) is 2. The quantitative estimate of drug-likeness (QED) is 0.860. The maximum absolute atomic E-state index is 12.2. The van der Waals surface area contributed by atoms with Gasteiger partial charge in [0.15, 0.2) is 0 Å². The Hall–Kier alpha value is -2.08. The average molecular weight is 320 g/mol. The lowest BCUT2D eigenvalue weighted by atomic mass is 10.1. The lowest BCUT2D eigenvalue weighted by Gasteiger charge is -2.35. The topological polar surface area (TPSA) is 67.9 Å². The van der Waals surface area contributed by atoms with Crippen molar-refractivity contribution in [1.82, 2.24) is 10.2 Å². The van der Waals surface area contributed by atoms with Gasteiger partial charge in [-0.25, -0.2) is 9.59 Å². The van der Waals surface area contributed by atoms with Crippen molar-refractivity contribution in [1.29, 1.82) is 0 Å². The minimum Gasteiger partial charge on any atom is -0.465 e. The van der Waals surface area contributed by atoms with Crippen molar-refractivity contribution in [3.63, 3.8) is 0 Å². The molecule has 1 aromatic carbocycles. The number of nitrogens with zero attached hydrogens (tertiary/aromatic N) is 1. The number of morpholine rings is 1. The van der Waals surface area contributed by atoms with Crippen LogP contribution in [0, 0.1) is 0 Å². The summed E-state index contributed by atoms with van der Waals surface area (Å²) >= 11 is 0. The highest BCUT2D eigenvalue weighted by molar-refractivity contribution is 5.89. The molecule has 0 radical (unpaired) electrons. The van der Waals surface area contributed by atoms with Gasteiger partial charge >= 0.3 is 12.0 Å². The summed E-state index contributed by atoms with van der Waals surface area (Å²) in [6.45, 7) is 5.72. The molecule has 6 nitrogen and oxygen atoms in total. The van der Waals surface area contributed by atoms with E-state index in [0.717, 1.165) is 5.56 Å². The molecule has 1 N–H and O–H groups in total. The van der Waals surface area contributed by atoms with Crippen LogP contribution < -0.4 is 5.32 Å². The van der Waals surface area contributed by atoms with Gasteiger partial charge in [0, 0.05) is 19.6 Å². The Balaban J connectivity index is 1.78. The fraction of sp³-hybridized carbons (Fsp3) is 0.529. The first kappa shape index (κ1) is 17.3. The molecule has 23 heavy (non-hydrogen) atoms. The molecule has 1 saturated heterocycles. The lowest BCUT2D eigenvalue weighted by Crippen LogP contribution is -2.51. The minimum atomic E-state index is -0.347. The van der Waals surface area contributed by atoms with Crippen LogP contribution in [0.3, 0.4) is 0 Å². The fourth-order valence-corrected chi connectivity index (χ4v) is 2.69. The van der Waals surface area contributed by atoms with Crippen LogP contribution in [-0.2, 0) is 15.9 Å². The molecule has 2 rings (SSSR count). The molecule has 0 aromatic heterocycles.